The maximum atomic E-state index is 12.2. The Morgan fingerprint density at radius 3 is 2.91 bits per heavy atom. The lowest BCUT2D eigenvalue weighted by molar-refractivity contribution is 0.101. The number of aryl methyl sites for hydroxylation is 1. The normalized spacial score (nSPS) is 10.5. The van der Waals surface area contributed by atoms with Crippen molar-refractivity contribution in [1.29, 1.82) is 0 Å². The minimum Gasteiger partial charge on any atom is -0.496 e. The summed E-state index contributed by atoms with van der Waals surface area (Å²) in [5.41, 5.74) is 1.08. The van der Waals surface area contributed by atoms with E-state index in [4.69, 9.17) is 9.15 Å². The molecule has 0 saturated heterocycles. The van der Waals surface area contributed by atoms with Crippen molar-refractivity contribution in [3.8, 4) is 17.2 Å². The number of hydrogen-bond donors (Lipinski definition) is 1. The van der Waals surface area contributed by atoms with E-state index in [-0.39, 0.29) is 17.8 Å². The molecule has 0 saturated carbocycles. The predicted octanol–water partition coefficient (Wildman–Crippen LogP) is 2.21. The molecule has 8 heteroatoms. The van der Waals surface area contributed by atoms with Crippen LogP contribution >= 0.6 is 0 Å². The predicted molar refractivity (Wildman–Crippen MR) is 82.1 cm³/mol. The van der Waals surface area contributed by atoms with Gasteiger partial charge in [0.1, 0.15) is 11.4 Å². The molecule has 1 N–H and O–H groups in total. The van der Waals surface area contributed by atoms with E-state index in [1.807, 2.05) is 19.1 Å². The lowest BCUT2D eigenvalue weighted by atomic mass is 10.2. The summed E-state index contributed by atoms with van der Waals surface area (Å²) in [7, 11) is 1.56. The van der Waals surface area contributed by atoms with Crippen LogP contribution < -0.4 is 10.1 Å². The fraction of sp³-hybridized carbons (Fsp3) is 0.200. The van der Waals surface area contributed by atoms with Crippen molar-refractivity contribution < 1.29 is 13.9 Å². The van der Waals surface area contributed by atoms with Crippen LogP contribution in [0.3, 0.4) is 0 Å². The summed E-state index contributed by atoms with van der Waals surface area (Å²) >= 11 is 0. The number of carbonyl (C=O) groups is 1. The second-order valence-electron chi connectivity index (χ2n) is 4.60. The number of nitrogens with one attached hydrogen (secondary N) is 1. The maximum absolute atomic E-state index is 12.2. The largest absolute Gasteiger partial charge is 0.496 e. The molecular weight excluding hydrogens is 298 g/mol. The number of amides is 1. The van der Waals surface area contributed by atoms with Crippen molar-refractivity contribution in [2.45, 2.75) is 13.5 Å². The number of nitrogens with zero attached hydrogens (tertiary/aromatic N) is 4. The molecule has 0 bridgehead atoms. The van der Waals surface area contributed by atoms with Crippen molar-refractivity contribution in [2.24, 2.45) is 0 Å². The first-order chi connectivity index (χ1) is 11.2. The zero-order valence-corrected chi connectivity index (χ0v) is 12.7. The Labute approximate surface area is 132 Å². The third-order valence-corrected chi connectivity index (χ3v) is 3.23. The molecule has 118 valence electrons. The molecule has 3 aromatic rings. The third kappa shape index (κ3) is 2.91. The van der Waals surface area contributed by atoms with Crippen molar-refractivity contribution in [3.63, 3.8) is 0 Å². The standard InChI is InChI=1S/C15H15N5O3/c1-3-20-11(8-9-16-20)13(21)17-15-19-18-14(23-15)10-6-4-5-7-12(10)22-2/h4-9H,3H2,1-2H3,(H,17,19,21). The molecule has 0 fully saturated rings. The molecule has 0 aliphatic rings. The Morgan fingerprint density at radius 2 is 2.13 bits per heavy atom. The summed E-state index contributed by atoms with van der Waals surface area (Å²) < 4.78 is 12.3. The first kappa shape index (κ1) is 14.8. The first-order valence-electron chi connectivity index (χ1n) is 7.03. The molecular formula is C15H15N5O3. The Hall–Kier alpha value is -3.16. The molecule has 1 amide bonds. The van der Waals surface area contributed by atoms with Gasteiger partial charge in [-0.25, -0.2) is 0 Å². The van der Waals surface area contributed by atoms with E-state index in [0.29, 0.717) is 23.6 Å². The molecule has 0 aliphatic carbocycles. The summed E-state index contributed by atoms with van der Waals surface area (Å²) in [6.45, 7) is 2.49. The molecule has 0 atom stereocenters. The number of benzene rings is 1. The van der Waals surface area contributed by atoms with Gasteiger partial charge in [0, 0.05) is 12.7 Å². The fourth-order valence-electron chi connectivity index (χ4n) is 2.14. The molecule has 3 rings (SSSR count). The first-order valence-corrected chi connectivity index (χ1v) is 7.03. The minimum absolute atomic E-state index is 0.0137. The maximum Gasteiger partial charge on any atom is 0.322 e. The highest BCUT2D eigenvalue weighted by Gasteiger charge is 2.17. The number of anilines is 1. The summed E-state index contributed by atoms with van der Waals surface area (Å²) in [6.07, 6.45) is 1.56. The second kappa shape index (κ2) is 6.30. The van der Waals surface area contributed by atoms with Gasteiger partial charge in [0.15, 0.2) is 0 Å². The van der Waals surface area contributed by atoms with Crippen LogP contribution in [0.2, 0.25) is 0 Å². The number of carbonyl (C=O) groups excluding carboxylic acids is 1. The van der Waals surface area contributed by atoms with Gasteiger partial charge in [0.05, 0.1) is 12.7 Å². The van der Waals surface area contributed by atoms with Gasteiger partial charge >= 0.3 is 6.01 Å². The van der Waals surface area contributed by atoms with E-state index in [1.54, 1.807) is 36.2 Å². The molecule has 2 heterocycles. The van der Waals surface area contributed by atoms with E-state index in [1.165, 1.54) is 0 Å². The number of para-hydroxylation sites is 1. The van der Waals surface area contributed by atoms with Crippen molar-refractivity contribution in [1.82, 2.24) is 20.0 Å². The highest BCUT2D eigenvalue weighted by atomic mass is 16.5. The van der Waals surface area contributed by atoms with Crippen LogP contribution in [-0.2, 0) is 6.54 Å². The fourth-order valence-corrected chi connectivity index (χ4v) is 2.14. The average molecular weight is 313 g/mol. The van der Waals surface area contributed by atoms with Crippen LogP contribution in [0.15, 0.2) is 40.9 Å². The molecule has 0 radical (unpaired) electrons. The highest BCUT2D eigenvalue weighted by Crippen LogP contribution is 2.29. The van der Waals surface area contributed by atoms with Crippen molar-refractivity contribution in [3.05, 3.63) is 42.2 Å². The average Bonchev–Trinajstić information content (AvgIpc) is 3.23. The Bertz CT molecular complexity index is 824. The Morgan fingerprint density at radius 1 is 1.30 bits per heavy atom. The van der Waals surface area contributed by atoms with E-state index in [2.05, 4.69) is 20.6 Å². The van der Waals surface area contributed by atoms with Crippen LogP contribution in [0.25, 0.3) is 11.5 Å². The van der Waals surface area contributed by atoms with Gasteiger partial charge < -0.3 is 9.15 Å². The van der Waals surface area contributed by atoms with Gasteiger partial charge in [-0.05, 0) is 25.1 Å². The van der Waals surface area contributed by atoms with Crippen molar-refractivity contribution in [2.75, 3.05) is 12.4 Å². The van der Waals surface area contributed by atoms with E-state index in [0.717, 1.165) is 0 Å². The van der Waals surface area contributed by atoms with Gasteiger partial charge in [-0.15, -0.1) is 5.10 Å². The third-order valence-electron chi connectivity index (χ3n) is 3.23. The van der Waals surface area contributed by atoms with E-state index in [9.17, 15) is 4.79 Å². The molecule has 0 spiro atoms. The lowest BCUT2D eigenvalue weighted by Crippen LogP contribution is -2.17. The van der Waals surface area contributed by atoms with Gasteiger partial charge in [-0.2, -0.15) is 5.10 Å². The SMILES string of the molecule is CCn1nccc1C(=O)Nc1nnc(-c2ccccc2OC)o1. The van der Waals surface area contributed by atoms with Crippen LogP contribution in [0.4, 0.5) is 6.01 Å². The Kier molecular flexibility index (Phi) is 4.05. The molecule has 1 aromatic carbocycles. The molecule has 23 heavy (non-hydrogen) atoms. The Balaban J connectivity index is 1.81. The second-order valence-corrected chi connectivity index (χ2v) is 4.60. The topological polar surface area (TPSA) is 95.1 Å². The van der Waals surface area contributed by atoms with Gasteiger partial charge in [-0.1, -0.05) is 17.2 Å². The lowest BCUT2D eigenvalue weighted by Gasteiger charge is -2.04. The molecule has 0 unspecified atom stereocenters. The van der Waals surface area contributed by atoms with Crippen LogP contribution in [-0.4, -0.2) is 33.0 Å². The number of aromatic nitrogens is 4. The van der Waals surface area contributed by atoms with Gasteiger partial charge in [0.2, 0.25) is 0 Å². The quantitative estimate of drug-likeness (QED) is 0.776. The zero-order chi connectivity index (χ0) is 16.2. The van der Waals surface area contributed by atoms with Crippen molar-refractivity contribution >= 4 is 11.9 Å². The van der Waals surface area contributed by atoms with Crippen LogP contribution in [0.1, 0.15) is 17.4 Å². The number of hydrogen-bond acceptors (Lipinski definition) is 6. The summed E-state index contributed by atoms with van der Waals surface area (Å²) in [4.78, 5) is 12.2. The molecule has 2 aromatic heterocycles. The highest BCUT2D eigenvalue weighted by molar-refractivity contribution is 6.01. The van der Waals surface area contributed by atoms with Crippen LogP contribution in [0.5, 0.6) is 5.75 Å². The summed E-state index contributed by atoms with van der Waals surface area (Å²) in [5, 5.41) is 14.4. The van der Waals surface area contributed by atoms with E-state index >= 15 is 0 Å². The monoisotopic (exact) mass is 313 g/mol. The minimum atomic E-state index is -0.362. The molecule has 0 aliphatic heterocycles. The smallest absolute Gasteiger partial charge is 0.322 e. The van der Waals surface area contributed by atoms with Crippen LogP contribution in [0, 0.1) is 0 Å². The number of methoxy groups -OCH3 is 1. The summed E-state index contributed by atoms with van der Waals surface area (Å²) in [5.74, 6) is 0.513. The van der Waals surface area contributed by atoms with Gasteiger partial charge in [0.25, 0.3) is 11.8 Å². The summed E-state index contributed by atoms with van der Waals surface area (Å²) in [6, 6.07) is 8.89. The number of ether oxygens (including phenoxy) is 1. The zero-order valence-electron chi connectivity index (χ0n) is 12.7. The number of rotatable bonds is 5. The van der Waals surface area contributed by atoms with Gasteiger partial charge in [-0.3, -0.25) is 14.8 Å². The molecule has 8 nitrogen and oxygen atoms in total. The van der Waals surface area contributed by atoms with E-state index < -0.39 is 0 Å².